The van der Waals surface area contributed by atoms with Crippen LogP contribution in [0.2, 0.25) is 0 Å². The summed E-state index contributed by atoms with van der Waals surface area (Å²) in [4.78, 5) is 5.54. The maximum absolute atomic E-state index is 9.37. The van der Waals surface area contributed by atoms with E-state index in [1.165, 1.54) is 15.8 Å². The van der Waals surface area contributed by atoms with Crippen LogP contribution in [-0.2, 0) is 0 Å². The van der Waals surface area contributed by atoms with Crippen molar-refractivity contribution < 1.29 is 5.11 Å². The Labute approximate surface area is 110 Å². The van der Waals surface area contributed by atoms with E-state index < -0.39 is 0 Å². The van der Waals surface area contributed by atoms with E-state index in [1.54, 1.807) is 11.3 Å². The minimum Gasteiger partial charge on any atom is -0.396 e. The monoisotopic (exact) mass is 260 g/mol. The molecule has 0 fully saturated rings. The highest BCUT2D eigenvalue weighted by atomic mass is 32.1. The van der Waals surface area contributed by atoms with E-state index in [0.29, 0.717) is 0 Å². The van der Waals surface area contributed by atoms with Gasteiger partial charge in [-0.2, -0.15) is 0 Å². The summed E-state index contributed by atoms with van der Waals surface area (Å²) in [5.74, 6) is 0.241. The highest BCUT2D eigenvalue weighted by molar-refractivity contribution is 7.23. The van der Waals surface area contributed by atoms with Gasteiger partial charge >= 0.3 is 0 Å². The van der Waals surface area contributed by atoms with Gasteiger partial charge < -0.3 is 5.11 Å². The van der Waals surface area contributed by atoms with Crippen molar-refractivity contribution in [2.45, 2.75) is 26.2 Å². The first kappa shape index (κ1) is 11.7. The quantitative estimate of drug-likeness (QED) is 0.784. The summed E-state index contributed by atoms with van der Waals surface area (Å²) >= 11 is 1.71. The van der Waals surface area contributed by atoms with Gasteiger partial charge in [0.2, 0.25) is 0 Å². The number of nitrogens with zero attached hydrogens (tertiary/aromatic N) is 2. The third-order valence-electron chi connectivity index (χ3n) is 3.42. The standard InChI is InChI=1S/C14H16N2OS/c1-3-10(8-17)11-4-5-12-13(6-11)18-14-15-9(2)7-16(12)14/h4-7,10,17H,3,8H2,1-2H3. The van der Waals surface area contributed by atoms with Gasteiger partial charge in [-0.1, -0.05) is 24.3 Å². The fourth-order valence-corrected chi connectivity index (χ4v) is 3.46. The Bertz CT molecular complexity index is 694. The van der Waals surface area contributed by atoms with Gasteiger partial charge in [0.15, 0.2) is 4.96 Å². The lowest BCUT2D eigenvalue weighted by Gasteiger charge is -2.11. The van der Waals surface area contributed by atoms with E-state index in [4.69, 9.17) is 0 Å². The molecule has 0 amide bonds. The lowest BCUT2D eigenvalue weighted by atomic mass is 9.97. The smallest absolute Gasteiger partial charge is 0.194 e. The van der Waals surface area contributed by atoms with E-state index in [-0.39, 0.29) is 12.5 Å². The van der Waals surface area contributed by atoms with Crippen molar-refractivity contribution in [3.63, 3.8) is 0 Å². The number of fused-ring (bicyclic) bond motifs is 3. The third kappa shape index (κ3) is 1.72. The first-order valence-corrected chi connectivity index (χ1v) is 7.03. The molecule has 0 aliphatic carbocycles. The van der Waals surface area contributed by atoms with Crippen LogP contribution in [0.5, 0.6) is 0 Å². The molecule has 0 aliphatic heterocycles. The summed E-state index contributed by atoms with van der Waals surface area (Å²) in [6.07, 6.45) is 3.03. The molecule has 0 aliphatic rings. The van der Waals surface area contributed by atoms with Crippen molar-refractivity contribution in [3.8, 4) is 0 Å². The average molecular weight is 260 g/mol. The zero-order valence-electron chi connectivity index (χ0n) is 10.6. The van der Waals surface area contributed by atoms with Gasteiger partial charge in [0.25, 0.3) is 0 Å². The highest BCUT2D eigenvalue weighted by Gasteiger charge is 2.12. The molecule has 2 aromatic heterocycles. The third-order valence-corrected chi connectivity index (χ3v) is 4.44. The molecule has 0 spiro atoms. The fraction of sp³-hybridized carbons (Fsp3) is 0.357. The van der Waals surface area contributed by atoms with E-state index in [1.807, 2.05) is 6.92 Å². The van der Waals surface area contributed by atoms with Crippen LogP contribution in [0.15, 0.2) is 24.4 Å². The van der Waals surface area contributed by atoms with Gasteiger partial charge in [-0.25, -0.2) is 4.98 Å². The summed E-state index contributed by atoms with van der Waals surface area (Å²) in [6, 6.07) is 6.44. The molecule has 1 unspecified atom stereocenters. The molecule has 2 heterocycles. The molecule has 0 saturated heterocycles. The number of thiazole rings is 1. The average Bonchev–Trinajstić information content (AvgIpc) is 2.86. The van der Waals surface area contributed by atoms with E-state index in [0.717, 1.165) is 17.1 Å². The molecule has 0 bridgehead atoms. The molecule has 3 rings (SSSR count). The number of aryl methyl sites for hydroxylation is 1. The second-order valence-electron chi connectivity index (χ2n) is 4.65. The molecule has 1 N–H and O–H groups in total. The second kappa shape index (κ2) is 4.37. The number of hydrogen-bond acceptors (Lipinski definition) is 3. The number of imidazole rings is 1. The minimum absolute atomic E-state index is 0.212. The summed E-state index contributed by atoms with van der Waals surface area (Å²) in [5, 5.41) is 9.37. The Hall–Kier alpha value is -1.39. The van der Waals surface area contributed by atoms with Gasteiger partial charge in [-0.3, -0.25) is 4.40 Å². The predicted octanol–water partition coefficient (Wildman–Crippen LogP) is 3.34. The van der Waals surface area contributed by atoms with Gasteiger partial charge in [0.1, 0.15) is 0 Å². The normalized spacial score (nSPS) is 13.5. The van der Waals surface area contributed by atoms with E-state index in [9.17, 15) is 5.11 Å². The first-order valence-electron chi connectivity index (χ1n) is 6.22. The minimum atomic E-state index is 0.212. The van der Waals surface area contributed by atoms with Crippen LogP contribution in [0.4, 0.5) is 0 Å². The molecule has 0 saturated carbocycles. The maximum Gasteiger partial charge on any atom is 0.194 e. The molecule has 1 atom stereocenters. The summed E-state index contributed by atoms with van der Waals surface area (Å²) in [7, 11) is 0. The van der Waals surface area contributed by atoms with Crippen LogP contribution in [0.25, 0.3) is 15.2 Å². The molecule has 18 heavy (non-hydrogen) atoms. The zero-order chi connectivity index (χ0) is 12.7. The first-order chi connectivity index (χ1) is 8.72. The number of benzene rings is 1. The number of rotatable bonds is 3. The lowest BCUT2D eigenvalue weighted by Crippen LogP contribution is -2.01. The van der Waals surface area contributed by atoms with Gasteiger partial charge in [0, 0.05) is 18.7 Å². The van der Waals surface area contributed by atoms with Crippen molar-refractivity contribution in [3.05, 3.63) is 35.7 Å². The Balaban J connectivity index is 2.18. The molecular weight excluding hydrogens is 244 g/mol. The Kier molecular flexibility index (Phi) is 2.84. The van der Waals surface area contributed by atoms with Crippen LogP contribution in [0, 0.1) is 6.92 Å². The topological polar surface area (TPSA) is 37.5 Å². The summed E-state index contributed by atoms with van der Waals surface area (Å²) in [6.45, 7) is 4.33. The molecule has 3 nitrogen and oxygen atoms in total. The number of aromatic nitrogens is 2. The number of hydrogen-bond donors (Lipinski definition) is 1. The van der Waals surface area contributed by atoms with Gasteiger partial charge in [0.05, 0.1) is 15.9 Å². The van der Waals surface area contributed by atoms with Crippen molar-refractivity contribution in [1.29, 1.82) is 0 Å². The van der Waals surface area contributed by atoms with Gasteiger partial charge in [-0.15, -0.1) is 0 Å². The van der Waals surface area contributed by atoms with Crippen LogP contribution < -0.4 is 0 Å². The van der Waals surface area contributed by atoms with Crippen molar-refractivity contribution in [2.24, 2.45) is 0 Å². The molecule has 94 valence electrons. The Morgan fingerprint density at radius 2 is 2.28 bits per heavy atom. The number of aliphatic hydroxyl groups excluding tert-OH is 1. The molecule has 3 aromatic rings. The van der Waals surface area contributed by atoms with Gasteiger partial charge in [-0.05, 0) is 31.0 Å². The SMILES string of the molecule is CCC(CO)c1ccc2c(c1)sc1nc(C)cn12. The molecule has 0 radical (unpaired) electrons. The summed E-state index contributed by atoms with van der Waals surface area (Å²) < 4.78 is 3.38. The summed E-state index contributed by atoms with van der Waals surface area (Å²) in [5.41, 5.74) is 3.47. The van der Waals surface area contributed by atoms with Crippen LogP contribution in [0.3, 0.4) is 0 Å². The molecular formula is C14H16N2OS. The molecule has 4 heteroatoms. The zero-order valence-corrected chi connectivity index (χ0v) is 11.4. The fourth-order valence-electron chi connectivity index (χ4n) is 2.35. The van der Waals surface area contributed by atoms with Crippen molar-refractivity contribution in [1.82, 2.24) is 9.38 Å². The largest absolute Gasteiger partial charge is 0.396 e. The van der Waals surface area contributed by atoms with Crippen molar-refractivity contribution >= 4 is 26.5 Å². The highest BCUT2D eigenvalue weighted by Crippen LogP contribution is 2.30. The van der Waals surface area contributed by atoms with Crippen LogP contribution in [0.1, 0.15) is 30.5 Å². The lowest BCUT2D eigenvalue weighted by molar-refractivity contribution is 0.262. The second-order valence-corrected chi connectivity index (χ2v) is 5.66. The van der Waals surface area contributed by atoms with Crippen LogP contribution >= 0.6 is 11.3 Å². The number of aliphatic hydroxyl groups is 1. The van der Waals surface area contributed by atoms with E-state index in [2.05, 4.69) is 40.7 Å². The Morgan fingerprint density at radius 1 is 1.44 bits per heavy atom. The maximum atomic E-state index is 9.37. The van der Waals surface area contributed by atoms with Crippen molar-refractivity contribution in [2.75, 3.05) is 6.61 Å². The van der Waals surface area contributed by atoms with Crippen LogP contribution in [-0.4, -0.2) is 21.1 Å². The predicted molar refractivity (Wildman–Crippen MR) is 75.4 cm³/mol. The van der Waals surface area contributed by atoms with E-state index >= 15 is 0 Å². The Morgan fingerprint density at radius 3 is 3.00 bits per heavy atom. The molecule has 1 aromatic carbocycles.